The average Bonchev–Trinajstić information content (AvgIpc) is 2.59. The molecule has 2 amide bonds. The van der Waals surface area contributed by atoms with Gasteiger partial charge in [-0.05, 0) is 31.3 Å². The molecule has 148 valence electrons. The lowest BCUT2D eigenvalue weighted by Gasteiger charge is -2.17. The molecule has 0 heterocycles. The van der Waals surface area contributed by atoms with Crippen molar-refractivity contribution < 1.29 is 14.5 Å². The highest BCUT2D eigenvalue weighted by Crippen LogP contribution is 2.30. The van der Waals surface area contributed by atoms with Crippen LogP contribution in [0.2, 0.25) is 15.1 Å². The van der Waals surface area contributed by atoms with Crippen molar-refractivity contribution >= 4 is 63.7 Å². The number of halogens is 3. The predicted molar refractivity (Wildman–Crippen MR) is 109 cm³/mol. The van der Waals surface area contributed by atoms with E-state index in [1.165, 1.54) is 17.0 Å². The lowest BCUT2D eigenvalue weighted by atomic mass is 10.2. The molecule has 2 rings (SSSR count). The summed E-state index contributed by atoms with van der Waals surface area (Å²) in [6, 6.07) is 8.71. The molecule has 0 unspecified atom stereocenters. The number of nitrogens with zero attached hydrogens (tertiary/aromatic N) is 2. The first kappa shape index (κ1) is 21.9. The van der Waals surface area contributed by atoms with Crippen LogP contribution in [0.4, 0.5) is 17.1 Å². The van der Waals surface area contributed by atoms with Gasteiger partial charge in [0.1, 0.15) is 5.69 Å². The third kappa shape index (κ3) is 6.07. The van der Waals surface area contributed by atoms with Gasteiger partial charge >= 0.3 is 0 Å². The second kappa shape index (κ2) is 9.70. The van der Waals surface area contributed by atoms with Gasteiger partial charge in [-0.25, -0.2) is 0 Å². The number of carbonyl (C=O) groups excluding carboxylic acids is 2. The Hall–Kier alpha value is -2.39. The highest BCUT2D eigenvalue weighted by Gasteiger charge is 2.18. The molecule has 0 aliphatic heterocycles. The normalized spacial score (nSPS) is 10.6. The van der Waals surface area contributed by atoms with Gasteiger partial charge in [0.05, 0.1) is 33.7 Å². The Balaban J connectivity index is 1.94. The monoisotopic (exact) mass is 444 g/mol. The lowest BCUT2D eigenvalue weighted by molar-refractivity contribution is -0.383. The van der Waals surface area contributed by atoms with Crippen LogP contribution in [0.3, 0.4) is 0 Å². The maximum Gasteiger partial charge on any atom is 0.294 e. The Bertz CT molecular complexity index is 903. The molecule has 8 nitrogen and oxygen atoms in total. The van der Waals surface area contributed by atoms with Crippen molar-refractivity contribution in [1.29, 1.82) is 0 Å². The molecule has 11 heteroatoms. The Morgan fingerprint density at radius 1 is 1.04 bits per heavy atom. The van der Waals surface area contributed by atoms with Crippen LogP contribution in [0.5, 0.6) is 0 Å². The fourth-order valence-electron chi connectivity index (χ4n) is 2.29. The third-order valence-electron chi connectivity index (χ3n) is 3.48. The fourth-order valence-corrected chi connectivity index (χ4v) is 2.95. The minimum atomic E-state index is -0.647. The number of nitro benzene ring substituents is 1. The number of rotatable bonds is 7. The van der Waals surface area contributed by atoms with Gasteiger partial charge in [0, 0.05) is 11.1 Å². The van der Waals surface area contributed by atoms with Crippen molar-refractivity contribution in [3.05, 3.63) is 61.6 Å². The van der Waals surface area contributed by atoms with Gasteiger partial charge < -0.3 is 10.6 Å². The van der Waals surface area contributed by atoms with E-state index < -0.39 is 16.7 Å². The maximum absolute atomic E-state index is 12.1. The summed E-state index contributed by atoms with van der Waals surface area (Å²) >= 11 is 17.7. The zero-order valence-corrected chi connectivity index (χ0v) is 16.8. The molecule has 28 heavy (non-hydrogen) atoms. The first-order chi connectivity index (χ1) is 13.2. The molecule has 0 saturated heterocycles. The summed E-state index contributed by atoms with van der Waals surface area (Å²) in [5.41, 5.74) is -0.0276. The maximum atomic E-state index is 12.1. The van der Waals surface area contributed by atoms with Crippen molar-refractivity contribution in [1.82, 2.24) is 4.90 Å². The highest BCUT2D eigenvalue weighted by atomic mass is 35.5. The Labute approximate surface area is 175 Å². The van der Waals surface area contributed by atoms with Crippen LogP contribution in [-0.4, -0.2) is 41.8 Å². The molecular formula is C17H15Cl3N4O4. The van der Waals surface area contributed by atoms with E-state index in [-0.39, 0.29) is 45.2 Å². The van der Waals surface area contributed by atoms with E-state index in [1.807, 2.05) is 0 Å². The average molecular weight is 446 g/mol. The standard InChI is InChI=1S/C17H15Cl3N4O4/c1-23(9-16(26)22-17-11(19)3-2-4-12(17)20)8-15(25)21-13-6-5-10(18)7-14(13)24(27)28/h2-7H,8-9H2,1H3,(H,21,25)(H,22,26). The van der Waals surface area contributed by atoms with Gasteiger partial charge in [-0.2, -0.15) is 0 Å². The van der Waals surface area contributed by atoms with Gasteiger partial charge in [0.15, 0.2) is 0 Å². The van der Waals surface area contributed by atoms with Crippen LogP contribution in [0.1, 0.15) is 0 Å². The number of likely N-dealkylation sites (N-methyl/N-ethyl adjacent to an activating group) is 1. The summed E-state index contributed by atoms with van der Waals surface area (Å²) in [5.74, 6) is -0.959. The molecule has 2 aromatic carbocycles. The molecule has 2 N–H and O–H groups in total. The molecule has 0 fully saturated rings. The topological polar surface area (TPSA) is 105 Å². The Morgan fingerprint density at radius 2 is 1.61 bits per heavy atom. The van der Waals surface area contributed by atoms with E-state index in [9.17, 15) is 19.7 Å². The summed E-state index contributed by atoms with van der Waals surface area (Å²) in [5, 5.41) is 16.8. The van der Waals surface area contributed by atoms with Crippen LogP contribution >= 0.6 is 34.8 Å². The minimum absolute atomic E-state index is 0.0140. The molecule has 0 bridgehead atoms. The lowest BCUT2D eigenvalue weighted by Crippen LogP contribution is -2.36. The first-order valence-electron chi connectivity index (χ1n) is 7.83. The smallest absolute Gasteiger partial charge is 0.294 e. The van der Waals surface area contributed by atoms with Crippen LogP contribution in [-0.2, 0) is 9.59 Å². The van der Waals surface area contributed by atoms with E-state index in [0.717, 1.165) is 6.07 Å². The van der Waals surface area contributed by atoms with E-state index >= 15 is 0 Å². The second-order valence-corrected chi connectivity index (χ2v) is 7.03. The number of hydrogen-bond donors (Lipinski definition) is 2. The molecule has 0 radical (unpaired) electrons. The summed E-state index contributed by atoms with van der Waals surface area (Å²) in [6.45, 7) is -0.304. The first-order valence-corrected chi connectivity index (χ1v) is 8.97. The number of hydrogen-bond acceptors (Lipinski definition) is 5. The highest BCUT2D eigenvalue weighted by molar-refractivity contribution is 6.39. The van der Waals surface area contributed by atoms with E-state index in [0.29, 0.717) is 0 Å². The number of nitro groups is 1. The number of carbonyl (C=O) groups is 2. The Kier molecular flexibility index (Phi) is 7.59. The predicted octanol–water partition coefficient (Wildman–Crippen LogP) is 4.06. The van der Waals surface area contributed by atoms with Crippen molar-refractivity contribution in [2.75, 3.05) is 30.8 Å². The zero-order valence-electron chi connectivity index (χ0n) is 14.5. The number of amides is 2. The molecule has 0 spiro atoms. The second-order valence-electron chi connectivity index (χ2n) is 5.78. The van der Waals surface area contributed by atoms with Crippen LogP contribution in [0, 0.1) is 10.1 Å². The third-order valence-corrected chi connectivity index (χ3v) is 4.35. The van der Waals surface area contributed by atoms with Crippen molar-refractivity contribution in [3.63, 3.8) is 0 Å². The summed E-state index contributed by atoms with van der Waals surface area (Å²) in [7, 11) is 1.55. The summed E-state index contributed by atoms with van der Waals surface area (Å²) < 4.78 is 0. The molecule has 0 saturated carbocycles. The van der Waals surface area contributed by atoms with E-state index in [4.69, 9.17) is 34.8 Å². The van der Waals surface area contributed by atoms with Gasteiger partial charge in [0.25, 0.3) is 5.69 Å². The van der Waals surface area contributed by atoms with E-state index in [1.54, 1.807) is 25.2 Å². The van der Waals surface area contributed by atoms with Crippen molar-refractivity contribution in [2.45, 2.75) is 0 Å². The van der Waals surface area contributed by atoms with Gasteiger partial charge in [-0.15, -0.1) is 0 Å². The molecule has 0 aliphatic rings. The molecule has 2 aromatic rings. The number of nitrogens with one attached hydrogen (secondary N) is 2. The Morgan fingerprint density at radius 3 is 2.18 bits per heavy atom. The fraction of sp³-hybridized carbons (Fsp3) is 0.176. The van der Waals surface area contributed by atoms with Crippen molar-refractivity contribution in [2.24, 2.45) is 0 Å². The number of para-hydroxylation sites is 1. The molecule has 0 aromatic heterocycles. The largest absolute Gasteiger partial charge is 0.322 e. The molecule has 0 atom stereocenters. The number of anilines is 2. The zero-order chi connectivity index (χ0) is 20.8. The van der Waals surface area contributed by atoms with Crippen LogP contribution in [0.15, 0.2) is 36.4 Å². The molecular weight excluding hydrogens is 431 g/mol. The van der Waals surface area contributed by atoms with E-state index in [2.05, 4.69) is 10.6 Å². The van der Waals surface area contributed by atoms with Crippen LogP contribution < -0.4 is 10.6 Å². The SMILES string of the molecule is CN(CC(=O)Nc1ccc(Cl)cc1[N+](=O)[O-])CC(=O)Nc1c(Cl)cccc1Cl. The van der Waals surface area contributed by atoms with Crippen molar-refractivity contribution in [3.8, 4) is 0 Å². The van der Waals surface area contributed by atoms with Crippen LogP contribution in [0.25, 0.3) is 0 Å². The van der Waals surface area contributed by atoms with Gasteiger partial charge in [-0.3, -0.25) is 24.6 Å². The molecule has 0 aliphatic carbocycles. The quantitative estimate of drug-likeness (QED) is 0.494. The van der Waals surface area contributed by atoms with Gasteiger partial charge in [-0.1, -0.05) is 40.9 Å². The summed E-state index contributed by atoms with van der Waals surface area (Å²) in [6.07, 6.45) is 0. The number of benzene rings is 2. The summed E-state index contributed by atoms with van der Waals surface area (Å²) in [4.78, 5) is 36.1. The minimum Gasteiger partial charge on any atom is -0.322 e. The van der Waals surface area contributed by atoms with Gasteiger partial charge in [0.2, 0.25) is 11.8 Å².